The minimum absolute atomic E-state index is 0.0117. The minimum atomic E-state index is -1.14. The zero-order valence-electron chi connectivity index (χ0n) is 13.1. The summed E-state index contributed by atoms with van der Waals surface area (Å²) in [6.45, 7) is 1.47. The molecule has 0 spiro atoms. The third-order valence-corrected chi connectivity index (χ3v) is 4.53. The van der Waals surface area contributed by atoms with Crippen LogP contribution < -0.4 is 4.90 Å². The maximum atomic E-state index is 11.5. The summed E-state index contributed by atoms with van der Waals surface area (Å²) < 4.78 is 0. The first-order chi connectivity index (χ1) is 11.6. The van der Waals surface area contributed by atoms with Gasteiger partial charge in [-0.3, -0.25) is 10.1 Å². The van der Waals surface area contributed by atoms with Crippen LogP contribution in [0.5, 0.6) is 0 Å². The Morgan fingerprint density at radius 3 is 2.38 bits per heavy atom. The largest absolute Gasteiger partial charge is 0.478 e. The minimum Gasteiger partial charge on any atom is -0.478 e. The van der Waals surface area contributed by atoms with E-state index in [4.69, 9.17) is 0 Å². The van der Waals surface area contributed by atoms with Crippen molar-refractivity contribution in [1.82, 2.24) is 0 Å². The second-order valence-electron chi connectivity index (χ2n) is 5.94. The van der Waals surface area contributed by atoms with Gasteiger partial charge < -0.3 is 10.0 Å². The Morgan fingerprint density at radius 2 is 1.79 bits per heavy atom. The number of hydrogen-bond acceptors (Lipinski definition) is 4. The molecule has 0 amide bonds. The molecule has 6 heteroatoms. The van der Waals surface area contributed by atoms with Crippen molar-refractivity contribution in [1.29, 1.82) is 0 Å². The third-order valence-electron chi connectivity index (χ3n) is 4.53. The Hall–Kier alpha value is -2.89. The smallest absolute Gasteiger partial charge is 0.338 e. The van der Waals surface area contributed by atoms with E-state index in [0.29, 0.717) is 11.6 Å². The number of rotatable bonds is 4. The van der Waals surface area contributed by atoms with E-state index >= 15 is 0 Å². The van der Waals surface area contributed by atoms with Crippen molar-refractivity contribution < 1.29 is 14.8 Å². The lowest BCUT2D eigenvalue weighted by atomic mass is 9.89. The number of piperidine rings is 1. The fourth-order valence-corrected chi connectivity index (χ4v) is 3.26. The molecule has 0 aliphatic carbocycles. The van der Waals surface area contributed by atoms with E-state index in [1.807, 2.05) is 23.1 Å². The highest BCUT2D eigenvalue weighted by Crippen LogP contribution is 2.33. The van der Waals surface area contributed by atoms with E-state index < -0.39 is 10.9 Å². The normalized spacial score (nSPS) is 15.2. The van der Waals surface area contributed by atoms with Crippen molar-refractivity contribution in [2.45, 2.75) is 18.8 Å². The number of anilines is 1. The molecule has 0 saturated carbocycles. The zero-order chi connectivity index (χ0) is 17.1. The van der Waals surface area contributed by atoms with Gasteiger partial charge in [0.1, 0.15) is 0 Å². The monoisotopic (exact) mass is 326 g/mol. The molecular weight excluding hydrogens is 308 g/mol. The highest BCUT2D eigenvalue weighted by atomic mass is 16.6. The van der Waals surface area contributed by atoms with Crippen molar-refractivity contribution in [3.05, 3.63) is 69.8 Å². The van der Waals surface area contributed by atoms with Gasteiger partial charge in [0.25, 0.3) is 5.69 Å². The van der Waals surface area contributed by atoms with Crippen molar-refractivity contribution in [3.63, 3.8) is 0 Å². The van der Waals surface area contributed by atoms with Gasteiger partial charge in [-0.05, 0) is 30.4 Å². The molecule has 6 nitrogen and oxygen atoms in total. The van der Waals surface area contributed by atoms with Gasteiger partial charge in [0.05, 0.1) is 16.2 Å². The maximum Gasteiger partial charge on any atom is 0.338 e. The van der Waals surface area contributed by atoms with E-state index in [-0.39, 0.29) is 11.3 Å². The van der Waals surface area contributed by atoms with E-state index in [1.54, 1.807) is 6.07 Å². The molecule has 2 aromatic rings. The maximum absolute atomic E-state index is 11.5. The summed E-state index contributed by atoms with van der Waals surface area (Å²) in [6.07, 6.45) is 1.86. The van der Waals surface area contributed by atoms with Crippen LogP contribution in [-0.2, 0) is 0 Å². The van der Waals surface area contributed by atoms with Crippen LogP contribution in [0.3, 0.4) is 0 Å². The second-order valence-corrected chi connectivity index (χ2v) is 5.94. The van der Waals surface area contributed by atoms with Crippen LogP contribution in [-0.4, -0.2) is 29.1 Å². The fraction of sp³-hybridized carbons (Fsp3) is 0.278. The first kappa shape index (κ1) is 16.0. The van der Waals surface area contributed by atoms with Gasteiger partial charge in [-0.15, -0.1) is 0 Å². The Labute approximate surface area is 139 Å². The van der Waals surface area contributed by atoms with Crippen LogP contribution in [0.15, 0.2) is 48.5 Å². The Bertz CT molecular complexity index is 753. The number of carbonyl (C=O) groups is 1. The topological polar surface area (TPSA) is 83.7 Å². The Kier molecular flexibility index (Phi) is 4.46. The summed E-state index contributed by atoms with van der Waals surface area (Å²) in [7, 11) is 0. The van der Waals surface area contributed by atoms with E-state index in [1.165, 1.54) is 11.6 Å². The fourth-order valence-electron chi connectivity index (χ4n) is 3.26. The van der Waals surface area contributed by atoms with Crippen LogP contribution in [0.1, 0.15) is 34.7 Å². The van der Waals surface area contributed by atoms with Crippen molar-refractivity contribution >= 4 is 17.3 Å². The molecule has 124 valence electrons. The standard InChI is InChI=1S/C18H18N2O4/c21-18(22)16-12-15(20(23)24)6-7-17(16)19-10-8-14(9-11-19)13-4-2-1-3-5-13/h1-7,12,14H,8-11H2,(H,21,22). The molecule has 2 aromatic carbocycles. The number of nitrogens with zero attached hydrogens (tertiary/aromatic N) is 2. The van der Waals surface area contributed by atoms with Gasteiger partial charge in [-0.1, -0.05) is 30.3 Å². The van der Waals surface area contributed by atoms with Crippen LogP contribution >= 0.6 is 0 Å². The first-order valence-corrected chi connectivity index (χ1v) is 7.88. The van der Waals surface area contributed by atoms with Crippen LogP contribution in [0.25, 0.3) is 0 Å². The summed E-state index contributed by atoms with van der Waals surface area (Å²) in [5.41, 5.74) is 1.65. The molecule has 0 unspecified atom stereocenters. The lowest BCUT2D eigenvalue weighted by Gasteiger charge is -2.34. The first-order valence-electron chi connectivity index (χ1n) is 7.88. The summed E-state index contributed by atoms with van der Waals surface area (Å²) in [5.74, 6) is -0.673. The van der Waals surface area contributed by atoms with Crippen LogP contribution in [0, 0.1) is 10.1 Å². The molecule has 0 atom stereocenters. The molecule has 1 saturated heterocycles. The molecule has 3 rings (SSSR count). The Morgan fingerprint density at radius 1 is 1.12 bits per heavy atom. The quantitative estimate of drug-likeness (QED) is 0.684. The van der Waals surface area contributed by atoms with E-state index in [0.717, 1.165) is 32.0 Å². The number of nitro benzene ring substituents is 1. The Balaban J connectivity index is 1.79. The lowest BCUT2D eigenvalue weighted by molar-refractivity contribution is -0.384. The lowest BCUT2D eigenvalue weighted by Crippen LogP contribution is -2.34. The second kappa shape index (κ2) is 6.70. The van der Waals surface area contributed by atoms with Gasteiger partial charge in [0, 0.05) is 25.2 Å². The van der Waals surface area contributed by atoms with Gasteiger partial charge in [-0.2, -0.15) is 0 Å². The van der Waals surface area contributed by atoms with Gasteiger partial charge >= 0.3 is 5.97 Å². The number of carboxylic acid groups (broad SMARTS) is 1. The molecular formula is C18H18N2O4. The number of aromatic carboxylic acids is 1. The summed E-state index contributed by atoms with van der Waals surface area (Å²) in [4.78, 5) is 23.8. The number of carboxylic acids is 1. The zero-order valence-corrected chi connectivity index (χ0v) is 13.1. The number of benzene rings is 2. The summed E-state index contributed by atoms with van der Waals surface area (Å²) in [6, 6.07) is 14.3. The van der Waals surface area contributed by atoms with Crippen molar-refractivity contribution in [2.24, 2.45) is 0 Å². The van der Waals surface area contributed by atoms with Crippen LogP contribution in [0.4, 0.5) is 11.4 Å². The number of non-ortho nitro benzene ring substituents is 1. The van der Waals surface area contributed by atoms with E-state index in [2.05, 4.69) is 12.1 Å². The molecule has 1 aliphatic rings. The van der Waals surface area contributed by atoms with Gasteiger partial charge in [-0.25, -0.2) is 4.79 Å². The van der Waals surface area contributed by atoms with Crippen LogP contribution in [0.2, 0.25) is 0 Å². The molecule has 0 aromatic heterocycles. The molecule has 0 bridgehead atoms. The molecule has 1 fully saturated rings. The van der Waals surface area contributed by atoms with Gasteiger partial charge in [0.15, 0.2) is 0 Å². The molecule has 1 heterocycles. The molecule has 0 radical (unpaired) electrons. The average molecular weight is 326 g/mol. The van der Waals surface area contributed by atoms with E-state index in [9.17, 15) is 20.0 Å². The summed E-state index contributed by atoms with van der Waals surface area (Å²) in [5, 5.41) is 20.2. The highest BCUT2D eigenvalue weighted by Gasteiger charge is 2.25. The number of nitro groups is 1. The SMILES string of the molecule is O=C(O)c1cc([N+](=O)[O-])ccc1N1CCC(c2ccccc2)CC1. The van der Waals surface area contributed by atoms with Crippen molar-refractivity contribution in [2.75, 3.05) is 18.0 Å². The number of hydrogen-bond donors (Lipinski definition) is 1. The molecule has 1 N–H and O–H groups in total. The molecule has 1 aliphatic heterocycles. The van der Waals surface area contributed by atoms with Gasteiger partial charge in [0.2, 0.25) is 0 Å². The average Bonchev–Trinajstić information content (AvgIpc) is 2.62. The predicted molar refractivity (Wildman–Crippen MR) is 90.7 cm³/mol. The van der Waals surface area contributed by atoms with Crippen molar-refractivity contribution in [3.8, 4) is 0 Å². The highest BCUT2D eigenvalue weighted by molar-refractivity contribution is 5.95. The molecule has 24 heavy (non-hydrogen) atoms. The predicted octanol–water partition coefficient (Wildman–Crippen LogP) is 3.68. The summed E-state index contributed by atoms with van der Waals surface area (Å²) >= 11 is 0. The third kappa shape index (κ3) is 3.22.